The van der Waals surface area contributed by atoms with Crippen LogP contribution in [0.4, 0.5) is 5.69 Å². The second-order valence-corrected chi connectivity index (χ2v) is 7.68. The summed E-state index contributed by atoms with van der Waals surface area (Å²) in [6.07, 6.45) is 0.505. The molecule has 0 saturated carbocycles. The van der Waals surface area contributed by atoms with E-state index in [0.29, 0.717) is 0 Å². The van der Waals surface area contributed by atoms with Crippen LogP contribution in [0.15, 0.2) is 27.6 Å². The van der Waals surface area contributed by atoms with Gasteiger partial charge in [-0.15, -0.1) is 0 Å². The maximum Gasteiger partial charge on any atom is 0.306 e. The lowest BCUT2D eigenvalue weighted by Gasteiger charge is -2.29. The third kappa shape index (κ3) is 3.28. The zero-order valence-corrected chi connectivity index (χ0v) is 13.7. The topological polar surface area (TPSA) is 118 Å². The minimum atomic E-state index is -3.79. The van der Waals surface area contributed by atoms with E-state index in [2.05, 4.69) is 15.9 Å². The van der Waals surface area contributed by atoms with Crippen molar-refractivity contribution in [2.24, 2.45) is 5.92 Å². The van der Waals surface area contributed by atoms with Gasteiger partial charge in [-0.1, -0.05) is 0 Å². The van der Waals surface area contributed by atoms with Gasteiger partial charge in [-0.05, 0) is 40.9 Å². The van der Waals surface area contributed by atoms with Crippen LogP contribution in [0, 0.1) is 16.0 Å². The number of halogens is 1. The number of benzene rings is 1. The zero-order valence-electron chi connectivity index (χ0n) is 11.3. The van der Waals surface area contributed by atoms with E-state index in [4.69, 9.17) is 5.11 Å². The molecule has 1 aliphatic heterocycles. The van der Waals surface area contributed by atoms with Gasteiger partial charge in [0.2, 0.25) is 10.0 Å². The molecule has 0 aliphatic carbocycles. The van der Waals surface area contributed by atoms with E-state index >= 15 is 0 Å². The number of carbonyl (C=O) groups is 1. The Bertz CT molecular complexity index is 712. The third-order valence-electron chi connectivity index (χ3n) is 3.56. The molecule has 1 aliphatic rings. The number of piperidine rings is 1. The fraction of sp³-hybridized carbons (Fsp3) is 0.417. The highest BCUT2D eigenvalue weighted by atomic mass is 79.9. The van der Waals surface area contributed by atoms with E-state index in [0.717, 1.165) is 6.07 Å². The van der Waals surface area contributed by atoms with Gasteiger partial charge in [-0.25, -0.2) is 8.42 Å². The summed E-state index contributed by atoms with van der Waals surface area (Å²) in [5.41, 5.74) is -0.219. The van der Waals surface area contributed by atoms with Crippen LogP contribution < -0.4 is 0 Å². The Morgan fingerprint density at radius 3 is 2.41 bits per heavy atom. The number of sulfonamides is 1. The minimum Gasteiger partial charge on any atom is -0.481 e. The van der Waals surface area contributed by atoms with E-state index in [9.17, 15) is 23.3 Å². The lowest BCUT2D eigenvalue weighted by Crippen LogP contribution is -2.40. The van der Waals surface area contributed by atoms with Gasteiger partial charge in [0.15, 0.2) is 0 Å². The largest absolute Gasteiger partial charge is 0.481 e. The standard InChI is InChI=1S/C12H13BrN2O6S/c13-10-7-9(1-2-11(10)15(18)19)22(20,21)14-5-3-8(4-6-14)12(16)17/h1-2,7-8H,3-6H2,(H,16,17). The van der Waals surface area contributed by atoms with Crippen molar-refractivity contribution in [3.8, 4) is 0 Å². The summed E-state index contributed by atoms with van der Waals surface area (Å²) in [7, 11) is -3.79. The molecule has 1 fully saturated rings. The molecule has 0 spiro atoms. The monoisotopic (exact) mass is 392 g/mol. The van der Waals surface area contributed by atoms with E-state index in [1.807, 2.05) is 0 Å². The maximum atomic E-state index is 12.5. The Balaban J connectivity index is 2.23. The van der Waals surface area contributed by atoms with Crippen LogP contribution in [0.3, 0.4) is 0 Å². The lowest BCUT2D eigenvalue weighted by atomic mass is 9.99. The predicted octanol–water partition coefficient (Wildman–Crippen LogP) is 1.84. The SMILES string of the molecule is O=C(O)C1CCN(S(=O)(=O)c2ccc([N+](=O)[O-])c(Br)c2)CC1. The first kappa shape index (κ1) is 16.8. The molecule has 1 aromatic carbocycles. The van der Waals surface area contributed by atoms with Gasteiger partial charge in [-0.2, -0.15) is 4.31 Å². The van der Waals surface area contributed by atoms with Crippen molar-refractivity contribution in [3.63, 3.8) is 0 Å². The molecule has 2 rings (SSSR count). The molecule has 0 bridgehead atoms. The molecule has 8 nitrogen and oxygen atoms in total. The van der Waals surface area contributed by atoms with E-state index in [1.165, 1.54) is 16.4 Å². The molecular formula is C12H13BrN2O6S. The number of carboxylic acid groups (broad SMARTS) is 1. The fourth-order valence-corrected chi connectivity index (χ4v) is 4.46. The predicted molar refractivity (Wildman–Crippen MR) is 79.9 cm³/mol. The Labute approximate surface area is 135 Å². The highest BCUT2D eigenvalue weighted by Crippen LogP contribution is 2.30. The minimum absolute atomic E-state index is 0.0567. The molecule has 1 N–H and O–H groups in total. The summed E-state index contributed by atoms with van der Waals surface area (Å²) >= 11 is 2.99. The van der Waals surface area contributed by atoms with Gasteiger partial charge in [0.05, 0.1) is 20.2 Å². The highest BCUT2D eigenvalue weighted by Gasteiger charge is 2.32. The molecule has 10 heteroatoms. The summed E-state index contributed by atoms with van der Waals surface area (Å²) in [5, 5.41) is 19.7. The Morgan fingerprint density at radius 2 is 1.95 bits per heavy atom. The molecule has 120 valence electrons. The Kier molecular flexibility index (Phi) is 4.83. The maximum absolute atomic E-state index is 12.5. The molecule has 0 atom stereocenters. The molecule has 1 aromatic rings. The third-order valence-corrected chi connectivity index (χ3v) is 6.09. The van der Waals surface area contributed by atoms with Crippen molar-refractivity contribution >= 4 is 37.6 Å². The normalized spacial score (nSPS) is 17.3. The number of rotatable bonds is 4. The molecule has 1 heterocycles. The van der Waals surface area contributed by atoms with E-state index in [1.54, 1.807) is 0 Å². The number of carboxylic acids is 1. The van der Waals surface area contributed by atoms with E-state index < -0.39 is 26.8 Å². The quantitative estimate of drug-likeness (QED) is 0.616. The van der Waals surface area contributed by atoms with Gasteiger partial charge in [-0.3, -0.25) is 14.9 Å². The van der Waals surface area contributed by atoms with Crippen LogP contribution in [-0.4, -0.2) is 41.8 Å². The van der Waals surface area contributed by atoms with Gasteiger partial charge in [0.25, 0.3) is 5.69 Å². The zero-order chi connectivity index (χ0) is 16.5. The Hall–Kier alpha value is -1.52. The molecule has 1 saturated heterocycles. The first-order chi connectivity index (χ1) is 10.2. The number of aliphatic carboxylic acids is 1. The summed E-state index contributed by atoms with van der Waals surface area (Å²) in [6, 6.07) is 3.50. The van der Waals surface area contributed by atoms with Gasteiger partial charge >= 0.3 is 5.97 Å². The first-order valence-corrected chi connectivity index (χ1v) is 8.63. The molecule has 0 unspecified atom stereocenters. The fourth-order valence-electron chi connectivity index (χ4n) is 2.29. The van der Waals surface area contributed by atoms with Gasteiger partial charge in [0, 0.05) is 19.2 Å². The highest BCUT2D eigenvalue weighted by molar-refractivity contribution is 9.10. The Morgan fingerprint density at radius 1 is 1.36 bits per heavy atom. The number of nitro groups is 1. The number of hydrogen-bond donors (Lipinski definition) is 1. The van der Waals surface area contributed by atoms with Crippen molar-refractivity contribution < 1.29 is 23.2 Å². The first-order valence-electron chi connectivity index (χ1n) is 6.40. The number of hydrogen-bond acceptors (Lipinski definition) is 5. The summed E-state index contributed by atoms with van der Waals surface area (Å²) in [6.45, 7) is 0.238. The van der Waals surface area contributed by atoms with Crippen LogP contribution >= 0.6 is 15.9 Å². The molecule has 0 radical (unpaired) electrons. The van der Waals surface area contributed by atoms with Crippen LogP contribution in [0.1, 0.15) is 12.8 Å². The van der Waals surface area contributed by atoms with Crippen molar-refractivity contribution in [1.29, 1.82) is 0 Å². The van der Waals surface area contributed by atoms with Crippen molar-refractivity contribution in [2.75, 3.05) is 13.1 Å². The van der Waals surface area contributed by atoms with Crippen LogP contribution in [-0.2, 0) is 14.8 Å². The summed E-state index contributed by atoms with van der Waals surface area (Å²) < 4.78 is 26.3. The van der Waals surface area contributed by atoms with Crippen LogP contribution in [0.2, 0.25) is 0 Å². The van der Waals surface area contributed by atoms with Gasteiger partial charge < -0.3 is 5.11 Å². The van der Waals surface area contributed by atoms with Crippen molar-refractivity contribution in [2.45, 2.75) is 17.7 Å². The van der Waals surface area contributed by atoms with Crippen molar-refractivity contribution in [1.82, 2.24) is 4.31 Å². The number of nitrogens with zero attached hydrogens (tertiary/aromatic N) is 2. The summed E-state index contributed by atoms with van der Waals surface area (Å²) in [5.74, 6) is -1.45. The second-order valence-electron chi connectivity index (χ2n) is 4.89. The van der Waals surface area contributed by atoms with Crippen LogP contribution in [0.5, 0.6) is 0 Å². The van der Waals surface area contributed by atoms with Crippen LogP contribution in [0.25, 0.3) is 0 Å². The average Bonchev–Trinajstić information content (AvgIpc) is 2.46. The van der Waals surface area contributed by atoms with E-state index in [-0.39, 0.29) is 41.0 Å². The second kappa shape index (κ2) is 6.31. The lowest BCUT2D eigenvalue weighted by molar-refractivity contribution is -0.385. The smallest absolute Gasteiger partial charge is 0.306 e. The average molecular weight is 393 g/mol. The number of nitro benzene ring substituents is 1. The van der Waals surface area contributed by atoms with Gasteiger partial charge in [0.1, 0.15) is 0 Å². The molecule has 22 heavy (non-hydrogen) atoms. The molecule has 0 aromatic heterocycles. The van der Waals surface area contributed by atoms with Crippen molar-refractivity contribution in [3.05, 3.63) is 32.8 Å². The molecule has 0 amide bonds. The molecular weight excluding hydrogens is 380 g/mol. The summed E-state index contributed by atoms with van der Waals surface area (Å²) in [4.78, 5) is 21.0.